The second kappa shape index (κ2) is 10.1. The Kier molecular flexibility index (Phi) is 7.22. The Hall–Kier alpha value is -4.01. The Labute approximate surface area is 189 Å². The van der Waals surface area contributed by atoms with Crippen molar-refractivity contribution in [2.45, 2.75) is 38.5 Å². The van der Waals surface area contributed by atoms with Gasteiger partial charge in [-0.3, -0.25) is 19.8 Å². The maximum atomic E-state index is 12.6. The van der Waals surface area contributed by atoms with E-state index in [1.54, 1.807) is 30.3 Å². The van der Waals surface area contributed by atoms with Crippen molar-refractivity contribution in [2.24, 2.45) is 11.7 Å². The molecule has 0 aliphatic carbocycles. The average Bonchev–Trinajstić information content (AvgIpc) is 2.74. The van der Waals surface area contributed by atoms with Crippen LogP contribution >= 0.6 is 0 Å². The van der Waals surface area contributed by atoms with Crippen LogP contribution in [0.1, 0.15) is 51.9 Å². The van der Waals surface area contributed by atoms with E-state index in [-0.39, 0.29) is 24.5 Å². The largest absolute Gasteiger partial charge is 0.481 e. The third-order valence-corrected chi connectivity index (χ3v) is 5.56. The fraction of sp³-hybridized carbons (Fsp3) is 0.292. The second-order valence-electron chi connectivity index (χ2n) is 7.99. The number of amidine groups is 1. The Morgan fingerprint density at radius 1 is 1.03 bits per heavy atom. The van der Waals surface area contributed by atoms with Gasteiger partial charge in [0.05, 0.1) is 17.9 Å². The smallest absolute Gasteiger partial charge is 0.343 e. The number of carbonyl (C=O) groups is 4. The van der Waals surface area contributed by atoms with Crippen molar-refractivity contribution in [1.29, 1.82) is 5.41 Å². The number of aryl methyl sites for hydroxylation is 3. The van der Waals surface area contributed by atoms with Gasteiger partial charge in [0.1, 0.15) is 17.4 Å². The van der Waals surface area contributed by atoms with E-state index >= 15 is 0 Å². The second-order valence-corrected chi connectivity index (χ2v) is 7.99. The SMILES string of the molecule is N=C(N)c1ccc2c(c1)CCc1cc(CCC(=O)C[C@@H](CC(=O)O)C(=O)O)ccc1C(=O)O2. The molecule has 0 aromatic heterocycles. The van der Waals surface area contributed by atoms with Gasteiger partial charge in [-0.05, 0) is 60.2 Å². The molecule has 3 rings (SSSR count). The van der Waals surface area contributed by atoms with Crippen LogP contribution in [0.4, 0.5) is 0 Å². The van der Waals surface area contributed by atoms with Gasteiger partial charge in [0, 0.05) is 18.4 Å². The minimum Gasteiger partial charge on any atom is -0.481 e. The number of nitrogen functional groups attached to an aromatic ring is 1. The Morgan fingerprint density at radius 3 is 2.42 bits per heavy atom. The normalized spacial score (nSPS) is 13.5. The van der Waals surface area contributed by atoms with Crippen LogP contribution in [-0.2, 0) is 33.6 Å². The lowest BCUT2D eigenvalue weighted by Gasteiger charge is -2.18. The monoisotopic (exact) mass is 452 g/mol. The summed E-state index contributed by atoms with van der Waals surface area (Å²) in [5.74, 6) is -4.30. The first-order valence-corrected chi connectivity index (χ1v) is 10.4. The van der Waals surface area contributed by atoms with E-state index in [9.17, 15) is 19.2 Å². The molecule has 2 aromatic carbocycles. The van der Waals surface area contributed by atoms with E-state index in [1.165, 1.54) is 0 Å². The fourth-order valence-electron chi connectivity index (χ4n) is 3.79. The van der Waals surface area contributed by atoms with Gasteiger partial charge < -0.3 is 20.7 Å². The van der Waals surface area contributed by atoms with Gasteiger partial charge in [-0.25, -0.2) is 4.79 Å². The van der Waals surface area contributed by atoms with Gasteiger partial charge in [0.15, 0.2) is 0 Å². The molecular formula is C24H24N2O7. The van der Waals surface area contributed by atoms with Crippen molar-refractivity contribution in [2.75, 3.05) is 0 Å². The van der Waals surface area contributed by atoms with Crippen molar-refractivity contribution in [3.05, 3.63) is 64.2 Å². The maximum absolute atomic E-state index is 12.6. The summed E-state index contributed by atoms with van der Waals surface area (Å²) in [6.45, 7) is 0. The van der Waals surface area contributed by atoms with Gasteiger partial charge in [0.2, 0.25) is 0 Å². The number of Topliss-reactive ketones (excluding diaryl/α,β-unsaturated/α-hetero) is 1. The molecule has 0 bridgehead atoms. The summed E-state index contributed by atoms with van der Waals surface area (Å²) in [5, 5.41) is 25.5. The number of nitrogens with one attached hydrogen (secondary N) is 1. The minimum atomic E-state index is -1.31. The molecule has 0 fully saturated rings. The quantitative estimate of drug-likeness (QED) is 0.195. The number of aliphatic carboxylic acids is 2. The summed E-state index contributed by atoms with van der Waals surface area (Å²) in [6.07, 6.45) is 0.570. The minimum absolute atomic E-state index is 0.0669. The fourth-order valence-corrected chi connectivity index (χ4v) is 3.79. The number of ether oxygens (including phenoxy) is 1. The third kappa shape index (κ3) is 6.03. The zero-order chi connectivity index (χ0) is 24.1. The lowest BCUT2D eigenvalue weighted by atomic mass is 9.92. The molecule has 9 heteroatoms. The van der Waals surface area contributed by atoms with Crippen LogP contribution in [0.2, 0.25) is 0 Å². The topological polar surface area (TPSA) is 168 Å². The number of nitrogens with two attached hydrogens (primary N) is 1. The van der Waals surface area contributed by atoms with E-state index in [2.05, 4.69) is 0 Å². The van der Waals surface area contributed by atoms with E-state index in [1.807, 2.05) is 6.07 Å². The number of esters is 1. The highest BCUT2D eigenvalue weighted by atomic mass is 16.5. The summed E-state index contributed by atoms with van der Waals surface area (Å²) in [4.78, 5) is 46.8. The van der Waals surface area contributed by atoms with Crippen molar-refractivity contribution in [3.8, 4) is 5.75 Å². The molecule has 1 aliphatic heterocycles. The Bertz CT molecular complexity index is 1140. The Morgan fingerprint density at radius 2 is 1.76 bits per heavy atom. The summed E-state index contributed by atoms with van der Waals surface area (Å²) in [6, 6.07) is 10.2. The molecule has 0 unspecified atom stereocenters. The summed E-state index contributed by atoms with van der Waals surface area (Å²) in [5.41, 5.74) is 8.86. The number of ketones is 1. The predicted molar refractivity (Wildman–Crippen MR) is 118 cm³/mol. The predicted octanol–water partition coefficient (Wildman–Crippen LogP) is 2.36. The highest BCUT2D eigenvalue weighted by Gasteiger charge is 2.24. The number of rotatable bonds is 9. The van der Waals surface area contributed by atoms with Crippen molar-refractivity contribution < 1.29 is 34.1 Å². The molecule has 0 spiro atoms. The van der Waals surface area contributed by atoms with E-state index in [0.717, 1.165) is 16.7 Å². The highest BCUT2D eigenvalue weighted by Crippen LogP contribution is 2.28. The first-order valence-electron chi connectivity index (χ1n) is 10.4. The molecule has 2 aromatic rings. The number of carboxylic acids is 2. The van der Waals surface area contributed by atoms with Gasteiger partial charge >= 0.3 is 17.9 Å². The van der Waals surface area contributed by atoms with E-state index < -0.39 is 30.2 Å². The molecule has 0 saturated heterocycles. The van der Waals surface area contributed by atoms with Crippen LogP contribution in [-0.4, -0.2) is 39.7 Å². The summed E-state index contributed by atoms with van der Waals surface area (Å²) >= 11 is 0. The van der Waals surface area contributed by atoms with Gasteiger partial charge in [0.25, 0.3) is 0 Å². The lowest BCUT2D eigenvalue weighted by molar-refractivity contribution is -0.149. The Balaban J connectivity index is 1.70. The van der Waals surface area contributed by atoms with Crippen LogP contribution in [0.5, 0.6) is 5.75 Å². The maximum Gasteiger partial charge on any atom is 0.343 e. The summed E-state index contributed by atoms with van der Waals surface area (Å²) in [7, 11) is 0. The number of carbonyl (C=O) groups excluding carboxylic acids is 2. The van der Waals surface area contributed by atoms with Crippen molar-refractivity contribution >= 4 is 29.5 Å². The molecule has 5 N–H and O–H groups in total. The first-order chi connectivity index (χ1) is 15.6. The third-order valence-electron chi connectivity index (χ3n) is 5.56. The number of benzene rings is 2. The van der Waals surface area contributed by atoms with Gasteiger partial charge in [-0.1, -0.05) is 12.1 Å². The van der Waals surface area contributed by atoms with Gasteiger partial charge in [-0.15, -0.1) is 0 Å². The first kappa shape index (κ1) is 23.6. The van der Waals surface area contributed by atoms with E-state index in [4.69, 9.17) is 26.1 Å². The van der Waals surface area contributed by atoms with Gasteiger partial charge in [-0.2, -0.15) is 0 Å². The van der Waals surface area contributed by atoms with Crippen LogP contribution in [0.25, 0.3) is 0 Å². The van der Waals surface area contributed by atoms with Crippen molar-refractivity contribution in [3.63, 3.8) is 0 Å². The number of hydrogen-bond donors (Lipinski definition) is 4. The molecule has 1 atom stereocenters. The molecule has 0 saturated carbocycles. The lowest BCUT2D eigenvalue weighted by Crippen LogP contribution is -2.21. The number of carboxylic acid groups (broad SMARTS) is 2. The van der Waals surface area contributed by atoms with E-state index in [0.29, 0.717) is 36.1 Å². The molecule has 9 nitrogen and oxygen atoms in total. The average molecular weight is 452 g/mol. The van der Waals surface area contributed by atoms with Crippen LogP contribution < -0.4 is 10.5 Å². The molecule has 33 heavy (non-hydrogen) atoms. The van der Waals surface area contributed by atoms with Crippen molar-refractivity contribution in [1.82, 2.24) is 0 Å². The molecule has 1 aliphatic rings. The molecule has 0 radical (unpaired) electrons. The molecule has 1 heterocycles. The zero-order valence-corrected chi connectivity index (χ0v) is 17.8. The number of fused-ring (bicyclic) bond motifs is 2. The zero-order valence-electron chi connectivity index (χ0n) is 17.8. The van der Waals surface area contributed by atoms with Crippen LogP contribution in [0.15, 0.2) is 36.4 Å². The van der Waals surface area contributed by atoms with Crippen LogP contribution in [0, 0.1) is 11.3 Å². The number of hydrogen-bond acceptors (Lipinski definition) is 6. The molecular weight excluding hydrogens is 428 g/mol. The van der Waals surface area contributed by atoms with Crippen LogP contribution in [0.3, 0.4) is 0 Å². The standard InChI is InChI=1S/C24H24N2O7/c25-22(26)16-5-8-20-15(10-16)4-3-14-9-13(2-7-19(14)24(32)33-20)1-6-18(27)11-17(23(30)31)12-21(28)29/h2,5,7-10,17H,1,3-4,6,11-12H2,(H3,25,26)(H,28,29)(H,30,31)/t17-/m0/s1. The molecule has 172 valence electrons. The molecule has 0 amide bonds. The highest BCUT2D eigenvalue weighted by molar-refractivity contribution is 5.96. The summed E-state index contributed by atoms with van der Waals surface area (Å²) < 4.78 is 5.53.